The molecule has 15 heavy (non-hydrogen) atoms. The number of hydrogen-bond acceptors (Lipinski definition) is 3. The van der Waals surface area contributed by atoms with Crippen LogP contribution >= 0.6 is 11.8 Å². The van der Waals surface area contributed by atoms with E-state index >= 15 is 0 Å². The normalized spacial score (nSPS) is 23.7. The van der Waals surface area contributed by atoms with Crippen molar-refractivity contribution >= 4 is 23.6 Å². The van der Waals surface area contributed by atoms with Crippen LogP contribution < -0.4 is 5.32 Å². The fourth-order valence-corrected chi connectivity index (χ4v) is 3.19. The summed E-state index contributed by atoms with van der Waals surface area (Å²) in [5, 5.41) is 2.94. The van der Waals surface area contributed by atoms with Crippen molar-refractivity contribution in [2.75, 3.05) is 0 Å². The van der Waals surface area contributed by atoms with Gasteiger partial charge in [-0.15, -0.1) is 11.8 Å². The van der Waals surface area contributed by atoms with Crippen molar-refractivity contribution < 1.29 is 9.59 Å². The fraction of sp³-hybridized carbons (Fsp3) is 0.818. The molecule has 0 aromatic heterocycles. The zero-order chi connectivity index (χ0) is 11.3. The van der Waals surface area contributed by atoms with Crippen LogP contribution in [0.4, 0.5) is 0 Å². The van der Waals surface area contributed by atoms with Crippen molar-refractivity contribution in [2.45, 2.75) is 56.5 Å². The maximum absolute atomic E-state index is 11.5. The quantitative estimate of drug-likeness (QED) is 0.734. The number of carbonyl (C=O) groups excluding carboxylic acids is 2. The predicted molar refractivity (Wildman–Crippen MR) is 62.7 cm³/mol. The van der Waals surface area contributed by atoms with E-state index in [-0.39, 0.29) is 17.1 Å². The average molecular weight is 229 g/mol. The van der Waals surface area contributed by atoms with E-state index in [4.69, 9.17) is 0 Å². The minimum absolute atomic E-state index is 0.0146. The fourth-order valence-electron chi connectivity index (χ4n) is 1.73. The highest BCUT2D eigenvalue weighted by Crippen LogP contribution is 2.28. The highest BCUT2D eigenvalue weighted by atomic mass is 32.2. The lowest BCUT2D eigenvalue weighted by atomic mass is 10.1. The predicted octanol–water partition coefficient (Wildman–Crippen LogP) is 2.10. The number of rotatable bonds is 5. The van der Waals surface area contributed by atoms with Crippen LogP contribution in [-0.2, 0) is 9.59 Å². The molecule has 0 bridgehead atoms. The van der Waals surface area contributed by atoms with E-state index in [1.807, 2.05) is 0 Å². The van der Waals surface area contributed by atoms with Crippen LogP contribution in [0.1, 0.15) is 46.0 Å². The topological polar surface area (TPSA) is 46.2 Å². The lowest BCUT2D eigenvalue weighted by Crippen LogP contribution is -2.43. The molecule has 1 heterocycles. The summed E-state index contributed by atoms with van der Waals surface area (Å²) in [4.78, 5) is 22.5. The highest BCUT2D eigenvalue weighted by molar-refractivity contribution is 8.01. The molecule has 0 radical (unpaired) electrons. The van der Waals surface area contributed by atoms with E-state index in [2.05, 4.69) is 19.2 Å². The Kier molecular flexibility index (Phi) is 5.15. The molecule has 1 aliphatic heterocycles. The van der Waals surface area contributed by atoms with Crippen LogP contribution in [0.5, 0.6) is 0 Å². The number of amides is 2. The lowest BCUT2D eigenvalue weighted by molar-refractivity contribution is -0.132. The zero-order valence-corrected chi connectivity index (χ0v) is 10.2. The monoisotopic (exact) mass is 229 g/mol. The van der Waals surface area contributed by atoms with Gasteiger partial charge >= 0.3 is 0 Å². The summed E-state index contributed by atoms with van der Waals surface area (Å²) >= 11 is 1.74. The van der Waals surface area contributed by atoms with Gasteiger partial charge in [-0.3, -0.25) is 14.9 Å². The number of nitrogens with one attached hydrogen (secondary N) is 1. The van der Waals surface area contributed by atoms with Gasteiger partial charge in [0, 0.05) is 11.7 Å². The van der Waals surface area contributed by atoms with Gasteiger partial charge in [-0.25, -0.2) is 0 Å². The first-order valence-electron chi connectivity index (χ1n) is 5.66. The molecule has 4 heteroatoms. The molecule has 1 saturated heterocycles. The highest BCUT2D eigenvalue weighted by Gasteiger charge is 2.28. The molecule has 1 N–H and O–H groups in total. The molecule has 2 atom stereocenters. The Labute approximate surface area is 95.4 Å². The van der Waals surface area contributed by atoms with E-state index < -0.39 is 0 Å². The zero-order valence-electron chi connectivity index (χ0n) is 9.41. The molecule has 2 amide bonds. The van der Waals surface area contributed by atoms with E-state index in [9.17, 15) is 9.59 Å². The number of imide groups is 1. The molecule has 0 aromatic carbocycles. The Bertz CT molecular complexity index is 243. The van der Waals surface area contributed by atoms with Crippen molar-refractivity contribution in [1.29, 1.82) is 0 Å². The van der Waals surface area contributed by atoms with E-state index in [1.54, 1.807) is 11.8 Å². The van der Waals surface area contributed by atoms with Crippen molar-refractivity contribution in [2.24, 2.45) is 0 Å². The summed E-state index contributed by atoms with van der Waals surface area (Å²) in [5.41, 5.74) is 0. The maximum Gasteiger partial charge on any atom is 0.239 e. The Hall–Kier alpha value is -0.510. The Morgan fingerprint density at radius 3 is 2.73 bits per heavy atom. The molecule has 86 valence electrons. The first-order valence-corrected chi connectivity index (χ1v) is 6.60. The van der Waals surface area contributed by atoms with Crippen molar-refractivity contribution in [1.82, 2.24) is 5.32 Å². The van der Waals surface area contributed by atoms with Crippen LogP contribution in [0, 0.1) is 0 Å². The van der Waals surface area contributed by atoms with Crippen LogP contribution in [0.2, 0.25) is 0 Å². The van der Waals surface area contributed by atoms with Gasteiger partial charge in [0.05, 0.1) is 5.25 Å². The molecule has 3 nitrogen and oxygen atoms in total. The SMILES string of the molecule is CCCC(CC)SC1CCC(=O)NC1=O. The molecule has 0 saturated carbocycles. The van der Waals surface area contributed by atoms with Gasteiger partial charge in [0.2, 0.25) is 11.8 Å². The Morgan fingerprint density at radius 1 is 1.47 bits per heavy atom. The van der Waals surface area contributed by atoms with Crippen molar-refractivity contribution in [3.63, 3.8) is 0 Å². The summed E-state index contributed by atoms with van der Waals surface area (Å²) in [6, 6.07) is 0. The second-order valence-electron chi connectivity index (χ2n) is 3.89. The van der Waals surface area contributed by atoms with Crippen LogP contribution in [0.15, 0.2) is 0 Å². The second-order valence-corrected chi connectivity index (χ2v) is 5.40. The summed E-state index contributed by atoms with van der Waals surface area (Å²) in [5.74, 6) is -0.216. The van der Waals surface area contributed by atoms with E-state index in [0.717, 1.165) is 19.3 Å². The minimum atomic E-state index is -0.125. The van der Waals surface area contributed by atoms with Gasteiger partial charge in [0.1, 0.15) is 0 Å². The molecular weight excluding hydrogens is 210 g/mol. The van der Waals surface area contributed by atoms with Gasteiger partial charge in [0.25, 0.3) is 0 Å². The summed E-state index contributed by atoms with van der Waals surface area (Å²) < 4.78 is 0. The smallest absolute Gasteiger partial charge is 0.239 e. The van der Waals surface area contributed by atoms with E-state index in [0.29, 0.717) is 18.1 Å². The lowest BCUT2D eigenvalue weighted by Gasteiger charge is -2.24. The number of carbonyl (C=O) groups is 2. The first-order chi connectivity index (χ1) is 7.17. The molecule has 1 fully saturated rings. The molecule has 0 aromatic rings. The van der Waals surface area contributed by atoms with Crippen LogP contribution in [-0.4, -0.2) is 22.3 Å². The third-order valence-electron chi connectivity index (χ3n) is 2.61. The standard InChI is InChI=1S/C11H19NO2S/c1-3-5-8(4-2)15-9-6-7-10(13)12-11(9)14/h8-9H,3-7H2,1-2H3,(H,12,13,14). The average Bonchev–Trinajstić information content (AvgIpc) is 2.21. The Morgan fingerprint density at radius 2 is 2.20 bits per heavy atom. The third kappa shape index (κ3) is 3.86. The summed E-state index contributed by atoms with van der Waals surface area (Å²) in [6.07, 6.45) is 4.59. The number of piperidine rings is 1. The first kappa shape index (κ1) is 12.6. The molecule has 0 spiro atoms. The van der Waals surface area contributed by atoms with Crippen LogP contribution in [0.3, 0.4) is 0 Å². The maximum atomic E-state index is 11.5. The van der Waals surface area contributed by atoms with Gasteiger partial charge in [0.15, 0.2) is 0 Å². The molecule has 0 aliphatic carbocycles. The van der Waals surface area contributed by atoms with Gasteiger partial charge in [-0.2, -0.15) is 0 Å². The second kappa shape index (κ2) is 6.16. The van der Waals surface area contributed by atoms with Crippen molar-refractivity contribution in [3.8, 4) is 0 Å². The number of thioether (sulfide) groups is 1. The molecular formula is C11H19NO2S. The van der Waals surface area contributed by atoms with Crippen molar-refractivity contribution in [3.05, 3.63) is 0 Å². The Balaban J connectivity index is 2.42. The number of hydrogen-bond donors (Lipinski definition) is 1. The summed E-state index contributed by atoms with van der Waals surface area (Å²) in [7, 11) is 0. The molecule has 1 aliphatic rings. The van der Waals surface area contributed by atoms with Gasteiger partial charge in [-0.05, 0) is 19.3 Å². The molecule has 1 rings (SSSR count). The molecule has 2 unspecified atom stereocenters. The summed E-state index contributed by atoms with van der Waals surface area (Å²) in [6.45, 7) is 4.31. The van der Waals surface area contributed by atoms with E-state index in [1.165, 1.54) is 0 Å². The van der Waals surface area contributed by atoms with Crippen LogP contribution in [0.25, 0.3) is 0 Å². The van der Waals surface area contributed by atoms with Gasteiger partial charge in [-0.1, -0.05) is 20.3 Å². The van der Waals surface area contributed by atoms with Gasteiger partial charge < -0.3 is 0 Å². The minimum Gasteiger partial charge on any atom is -0.295 e. The largest absolute Gasteiger partial charge is 0.295 e. The third-order valence-corrected chi connectivity index (χ3v) is 4.34.